The quantitative estimate of drug-likeness (QED) is 0.857. The molecule has 0 aromatic heterocycles. The summed E-state index contributed by atoms with van der Waals surface area (Å²) >= 11 is 6.14. The van der Waals surface area contributed by atoms with Crippen molar-refractivity contribution in [3.8, 4) is 0 Å². The zero-order chi connectivity index (χ0) is 12.5. The van der Waals surface area contributed by atoms with E-state index in [1.54, 1.807) is 4.90 Å². The average Bonchev–Trinajstić information content (AvgIpc) is 2.84. The second-order valence-electron chi connectivity index (χ2n) is 4.54. The number of halogens is 2. The van der Waals surface area contributed by atoms with Crippen LogP contribution in [0.15, 0.2) is 18.2 Å². The number of benzene rings is 1. The van der Waals surface area contributed by atoms with Gasteiger partial charge in [0.15, 0.2) is 0 Å². The molecule has 1 unspecified atom stereocenters. The van der Waals surface area contributed by atoms with Gasteiger partial charge in [0.05, 0.1) is 6.61 Å². The van der Waals surface area contributed by atoms with E-state index < -0.39 is 0 Å². The number of anilines is 1. The van der Waals surface area contributed by atoms with Gasteiger partial charge in [0.2, 0.25) is 0 Å². The fourth-order valence-electron chi connectivity index (χ4n) is 2.52. The molecule has 0 spiro atoms. The molecule has 0 radical (unpaired) electrons. The molecule has 0 aliphatic carbocycles. The number of carbonyl (C=O) groups is 1. The third-order valence-electron chi connectivity index (χ3n) is 3.44. The first-order valence-corrected chi connectivity index (χ1v) is 6.56. The third-order valence-corrected chi connectivity index (χ3v) is 3.79. The fourth-order valence-corrected chi connectivity index (χ4v) is 2.78. The number of nitrogens with zero attached hydrogens (tertiary/aromatic N) is 1. The molecule has 1 atom stereocenters. The number of amides is 1. The molecule has 1 saturated heterocycles. The van der Waals surface area contributed by atoms with Crippen molar-refractivity contribution in [3.63, 3.8) is 0 Å². The van der Waals surface area contributed by atoms with Crippen LogP contribution in [0.2, 0.25) is 5.02 Å². The molecule has 6 heteroatoms. The van der Waals surface area contributed by atoms with E-state index in [1.165, 1.54) is 0 Å². The average molecular weight is 303 g/mol. The summed E-state index contributed by atoms with van der Waals surface area (Å²) in [5, 5.41) is 3.92. The topological polar surface area (TPSA) is 41.6 Å². The zero-order valence-electron chi connectivity index (χ0n) is 10.4. The normalized spacial score (nSPS) is 21.7. The van der Waals surface area contributed by atoms with Crippen molar-refractivity contribution in [3.05, 3.63) is 28.8 Å². The van der Waals surface area contributed by atoms with Gasteiger partial charge < -0.3 is 15.0 Å². The van der Waals surface area contributed by atoms with Crippen LogP contribution in [0, 0.1) is 0 Å². The summed E-state index contributed by atoms with van der Waals surface area (Å²) in [4.78, 5) is 14.2. The molecule has 1 amide bonds. The highest BCUT2D eigenvalue weighted by atomic mass is 35.5. The van der Waals surface area contributed by atoms with Gasteiger partial charge in [0, 0.05) is 30.3 Å². The number of hydrogen-bond donors (Lipinski definition) is 1. The maximum atomic E-state index is 12.4. The molecule has 1 N–H and O–H groups in total. The van der Waals surface area contributed by atoms with Gasteiger partial charge in [-0.2, -0.15) is 0 Å². The predicted octanol–water partition coefficient (Wildman–Crippen LogP) is 1.64. The van der Waals surface area contributed by atoms with Gasteiger partial charge in [0.1, 0.15) is 6.10 Å². The van der Waals surface area contributed by atoms with E-state index in [1.807, 2.05) is 18.2 Å². The van der Waals surface area contributed by atoms with Crippen LogP contribution < -0.4 is 10.2 Å². The standard InChI is InChI=1S/C13H15ClN2O2.ClH/c14-10-2-1-3-11-9(10)4-6-16(11)13(17)12-8-15-5-7-18-12;/h1-3,12,15H,4-8H2;1H. The van der Waals surface area contributed by atoms with E-state index in [9.17, 15) is 4.79 Å². The molecule has 2 aliphatic rings. The smallest absolute Gasteiger partial charge is 0.257 e. The SMILES string of the molecule is Cl.O=C(C1CNCCO1)N1CCc2c(Cl)cccc21. The van der Waals surface area contributed by atoms with E-state index >= 15 is 0 Å². The van der Waals surface area contributed by atoms with Crippen LogP contribution in [0.25, 0.3) is 0 Å². The predicted molar refractivity (Wildman–Crippen MR) is 77.4 cm³/mol. The van der Waals surface area contributed by atoms with Crippen LogP contribution in [-0.2, 0) is 16.0 Å². The van der Waals surface area contributed by atoms with Gasteiger partial charge >= 0.3 is 0 Å². The Hall–Kier alpha value is -0.810. The van der Waals surface area contributed by atoms with Crippen molar-refractivity contribution < 1.29 is 9.53 Å². The van der Waals surface area contributed by atoms with Crippen LogP contribution in [-0.4, -0.2) is 38.3 Å². The van der Waals surface area contributed by atoms with Crippen molar-refractivity contribution in [1.29, 1.82) is 0 Å². The zero-order valence-corrected chi connectivity index (χ0v) is 12.0. The molecule has 2 heterocycles. The van der Waals surface area contributed by atoms with Crippen LogP contribution in [0.3, 0.4) is 0 Å². The monoisotopic (exact) mass is 302 g/mol. The fraction of sp³-hybridized carbons (Fsp3) is 0.462. The summed E-state index contributed by atoms with van der Waals surface area (Å²) in [6.45, 7) is 2.68. The van der Waals surface area contributed by atoms with Gasteiger partial charge in [-0.3, -0.25) is 4.79 Å². The van der Waals surface area contributed by atoms with Crippen molar-refractivity contribution in [2.24, 2.45) is 0 Å². The molecule has 3 rings (SSSR count). The Kier molecular flexibility index (Phi) is 4.68. The number of fused-ring (bicyclic) bond motifs is 1. The summed E-state index contributed by atoms with van der Waals surface area (Å²) in [5.41, 5.74) is 2.00. The molecule has 4 nitrogen and oxygen atoms in total. The second-order valence-corrected chi connectivity index (χ2v) is 4.95. The maximum Gasteiger partial charge on any atom is 0.257 e. The van der Waals surface area contributed by atoms with Crippen molar-refractivity contribution in [1.82, 2.24) is 5.32 Å². The Balaban J connectivity index is 0.00000133. The van der Waals surface area contributed by atoms with Gasteiger partial charge in [-0.05, 0) is 24.1 Å². The molecule has 19 heavy (non-hydrogen) atoms. The van der Waals surface area contributed by atoms with E-state index in [0.717, 1.165) is 29.2 Å². The van der Waals surface area contributed by atoms with Crippen molar-refractivity contribution in [2.75, 3.05) is 31.1 Å². The molecule has 104 valence electrons. The Morgan fingerprint density at radius 3 is 3.05 bits per heavy atom. The summed E-state index contributed by atoms with van der Waals surface area (Å²) in [7, 11) is 0. The number of nitrogens with one attached hydrogen (secondary N) is 1. The number of ether oxygens (including phenoxy) is 1. The van der Waals surface area contributed by atoms with Crippen LogP contribution in [0.1, 0.15) is 5.56 Å². The Bertz CT molecular complexity index is 476. The van der Waals surface area contributed by atoms with Crippen LogP contribution >= 0.6 is 24.0 Å². The lowest BCUT2D eigenvalue weighted by atomic mass is 10.1. The highest BCUT2D eigenvalue weighted by molar-refractivity contribution is 6.32. The minimum absolute atomic E-state index is 0. The lowest BCUT2D eigenvalue weighted by Crippen LogP contribution is -2.49. The first-order valence-electron chi connectivity index (χ1n) is 6.18. The minimum atomic E-state index is -0.372. The Morgan fingerprint density at radius 2 is 2.32 bits per heavy atom. The minimum Gasteiger partial charge on any atom is -0.366 e. The molecule has 1 fully saturated rings. The molecule has 0 saturated carbocycles. The Labute approximate surface area is 123 Å². The summed E-state index contributed by atoms with van der Waals surface area (Å²) in [6, 6.07) is 5.70. The number of carbonyl (C=O) groups excluding carboxylic acids is 1. The number of hydrogen-bond acceptors (Lipinski definition) is 3. The highest BCUT2D eigenvalue weighted by Crippen LogP contribution is 2.33. The van der Waals surface area contributed by atoms with Crippen molar-refractivity contribution >= 4 is 35.6 Å². The van der Waals surface area contributed by atoms with Crippen LogP contribution in [0.4, 0.5) is 5.69 Å². The molecule has 2 aliphatic heterocycles. The van der Waals surface area contributed by atoms with E-state index in [2.05, 4.69) is 5.32 Å². The lowest BCUT2D eigenvalue weighted by Gasteiger charge is -2.27. The summed E-state index contributed by atoms with van der Waals surface area (Å²) in [5.74, 6) is 0.0308. The first-order chi connectivity index (χ1) is 8.77. The van der Waals surface area contributed by atoms with Gasteiger partial charge in [-0.1, -0.05) is 17.7 Å². The van der Waals surface area contributed by atoms with E-state index in [0.29, 0.717) is 19.7 Å². The van der Waals surface area contributed by atoms with E-state index in [-0.39, 0.29) is 24.4 Å². The second kappa shape index (κ2) is 6.09. The number of rotatable bonds is 1. The largest absolute Gasteiger partial charge is 0.366 e. The maximum absolute atomic E-state index is 12.4. The summed E-state index contributed by atoms with van der Waals surface area (Å²) < 4.78 is 5.51. The molecular weight excluding hydrogens is 287 g/mol. The Morgan fingerprint density at radius 1 is 1.47 bits per heavy atom. The third kappa shape index (κ3) is 2.72. The molecule has 0 bridgehead atoms. The molecule has 1 aromatic carbocycles. The van der Waals surface area contributed by atoms with Gasteiger partial charge in [0.25, 0.3) is 5.91 Å². The lowest BCUT2D eigenvalue weighted by molar-refractivity contribution is -0.131. The summed E-state index contributed by atoms with van der Waals surface area (Å²) in [6.07, 6.45) is 0.449. The highest BCUT2D eigenvalue weighted by Gasteiger charge is 2.32. The van der Waals surface area contributed by atoms with Crippen LogP contribution in [0.5, 0.6) is 0 Å². The molecular formula is C13H16Cl2N2O2. The van der Waals surface area contributed by atoms with Crippen molar-refractivity contribution in [2.45, 2.75) is 12.5 Å². The molecule has 1 aromatic rings. The number of morpholine rings is 1. The first kappa shape index (κ1) is 14.6. The van der Waals surface area contributed by atoms with Gasteiger partial charge in [-0.15, -0.1) is 12.4 Å². The van der Waals surface area contributed by atoms with Gasteiger partial charge in [-0.25, -0.2) is 0 Å². The van der Waals surface area contributed by atoms with E-state index in [4.69, 9.17) is 16.3 Å².